The maximum Gasteiger partial charge on any atom is 0.414 e. The molecule has 5 heteroatoms. The quantitative estimate of drug-likeness (QED) is 0.493. The number of rotatable bonds is 13. The number of hydrogen-bond acceptors (Lipinski definition) is 2. The van der Waals surface area contributed by atoms with Crippen LogP contribution in [0.25, 0.3) is 0 Å². The van der Waals surface area contributed by atoms with Gasteiger partial charge in [0, 0.05) is 13.2 Å². The van der Waals surface area contributed by atoms with E-state index in [4.69, 9.17) is 9.84 Å². The third-order valence-electron chi connectivity index (χ3n) is 3.29. The van der Waals surface area contributed by atoms with Crippen LogP contribution in [0.4, 0.5) is 13.2 Å². The Morgan fingerprint density at radius 3 is 1.90 bits per heavy atom. The first-order valence-corrected chi connectivity index (χ1v) is 7.81. The molecule has 2 nitrogen and oxygen atoms in total. The Hall–Kier alpha value is -0.290. The van der Waals surface area contributed by atoms with Crippen molar-refractivity contribution in [2.75, 3.05) is 13.2 Å². The van der Waals surface area contributed by atoms with Crippen molar-refractivity contribution in [3.8, 4) is 0 Å². The van der Waals surface area contributed by atoms with Gasteiger partial charge < -0.3 is 9.84 Å². The first kappa shape index (κ1) is 19.7. The highest BCUT2D eigenvalue weighted by Gasteiger charge is 2.37. The van der Waals surface area contributed by atoms with Crippen molar-refractivity contribution < 1.29 is 23.0 Å². The van der Waals surface area contributed by atoms with Gasteiger partial charge in [0.2, 0.25) is 0 Å². The van der Waals surface area contributed by atoms with Gasteiger partial charge in [-0.3, -0.25) is 0 Å². The molecule has 0 aliphatic carbocycles. The Balaban J connectivity index is 3.14. The van der Waals surface area contributed by atoms with Gasteiger partial charge in [-0.25, -0.2) is 0 Å². The maximum atomic E-state index is 12.0. The standard InChI is InChI=1S/C15H29F3O2/c1-2-3-4-9-12-20-13-10-7-5-6-8-11-14(19)15(16,17)18/h14,19H,2-13H2,1H3. The fraction of sp³-hybridized carbons (Fsp3) is 1.00. The van der Waals surface area contributed by atoms with E-state index in [1.165, 1.54) is 19.3 Å². The van der Waals surface area contributed by atoms with Crippen molar-refractivity contribution in [1.29, 1.82) is 0 Å². The lowest BCUT2D eigenvalue weighted by Gasteiger charge is -2.13. The van der Waals surface area contributed by atoms with Crippen molar-refractivity contribution >= 4 is 0 Å². The van der Waals surface area contributed by atoms with Crippen LogP contribution in [0.3, 0.4) is 0 Å². The molecule has 0 aromatic carbocycles. The molecule has 0 aromatic rings. The SMILES string of the molecule is CCCCCCOCCCCCCCC(O)C(F)(F)F. The summed E-state index contributed by atoms with van der Waals surface area (Å²) in [5.74, 6) is 0. The molecule has 0 amide bonds. The first-order valence-electron chi connectivity index (χ1n) is 7.81. The molecule has 0 rings (SSSR count). The minimum Gasteiger partial charge on any atom is -0.384 e. The molecule has 1 N–H and O–H groups in total. The van der Waals surface area contributed by atoms with E-state index in [0.717, 1.165) is 45.3 Å². The fourth-order valence-corrected chi connectivity index (χ4v) is 1.97. The van der Waals surface area contributed by atoms with E-state index in [0.29, 0.717) is 6.42 Å². The minimum absolute atomic E-state index is 0.183. The summed E-state index contributed by atoms with van der Waals surface area (Å²) in [5, 5.41) is 8.80. The van der Waals surface area contributed by atoms with Gasteiger partial charge in [-0.05, 0) is 19.3 Å². The van der Waals surface area contributed by atoms with E-state index >= 15 is 0 Å². The van der Waals surface area contributed by atoms with Crippen molar-refractivity contribution in [2.45, 2.75) is 83.4 Å². The normalized spacial score (nSPS) is 13.7. The lowest BCUT2D eigenvalue weighted by atomic mass is 10.1. The predicted octanol–water partition coefficient (Wildman–Crippen LogP) is 4.85. The zero-order valence-electron chi connectivity index (χ0n) is 12.6. The molecule has 0 aromatic heterocycles. The number of unbranched alkanes of at least 4 members (excludes halogenated alkanes) is 7. The largest absolute Gasteiger partial charge is 0.414 e. The summed E-state index contributed by atoms with van der Waals surface area (Å²) < 4.78 is 41.5. The van der Waals surface area contributed by atoms with E-state index in [1.807, 2.05) is 0 Å². The molecule has 0 fully saturated rings. The van der Waals surface area contributed by atoms with Gasteiger partial charge in [0.15, 0.2) is 0 Å². The highest BCUT2D eigenvalue weighted by molar-refractivity contribution is 4.64. The third kappa shape index (κ3) is 12.7. The lowest BCUT2D eigenvalue weighted by molar-refractivity contribution is -0.205. The van der Waals surface area contributed by atoms with Crippen molar-refractivity contribution in [1.82, 2.24) is 0 Å². The summed E-state index contributed by atoms with van der Waals surface area (Å²) in [6, 6.07) is 0. The van der Waals surface area contributed by atoms with Crippen LogP contribution >= 0.6 is 0 Å². The fourth-order valence-electron chi connectivity index (χ4n) is 1.97. The molecule has 0 bridgehead atoms. The molecule has 20 heavy (non-hydrogen) atoms. The number of aliphatic hydroxyl groups is 1. The molecule has 0 spiro atoms. The molecule has 0 saturated heterocycles. The topological polar surface area (TPSA) is 29.5 Å². The molecule has 0 aliphatic rings. The van der Waals surface area contributed by atoms with Gasteiger partial charge in [-0.2, -0.15) is 13.2 Å². The summed E-state index contributed by atoms with van der Waals surface area (Å²) in [6.07, 6.45) is 2.04. The lowest BCUT2D eigenvalue weighted by Crippen LogP contribution is -2.28. The first-order chi connectivity index (χ1) is 9.48. The second-order valence-corrected chi connectivity index (χ2v) is 5.29. The molecular weight excluding hydrogens is 269 g/mol. The summed E-state index contributed by atoms with van der Waals surface area (Å²) >= 11 is 0. The summed E-state index contributed by atoms with van der Waals surface area (Å²) in [7, 11) is 0. The number of alkyl halides is 3. The number of halogens is 3. The predicted molar refractivity (Wildman–Crippen MR) is 74.7 cm³/mol. The average molecular weight is 298 g/mol. The maximum absolute atomic E-state index is 12.0. The second-order valence-electron chi connectivity index (χ2n) is 5.29. The Morgan fingerprint density at radius 2 is 1.35 bits per heavy atom. The summed E-state index contributed by atoms with van der Waals surface area (Å²) in [6.45, 7) is 3.74. The van der Waals surface area contributed by atoms with Gasteiger partial charge in [0.05, 0.1) is 0 Å². The van der Waals surface area contributed by atoms with Crippen LogP contribution in [0.15, 0.2) is 0 Å². The van der Waals surface area contributed by atoms with Crippen LogP contribution in [-0.2, 0) is 4.74 Å². The highest BCUT2D eigenvalue weighted by atomic mass is 19.4. The van der Waals surface area contributed by atoms with Crippen LogP contribution in [0.1, 0.15) is 71.1 Å². The van der Waals surface area contributed by atoms with Crippen molar-refractivity contribution in [3.63, 3.8) is 0 Å². The van der Waals surface area contributed by atoms with E-state index in [-0.39, 0.29) is 6.42 Å². The average Bonchev–Trinajstić information content (AvgIpc) is 2.38. The molecule has 0 aliphatic heterocycles. The van der Waals surface area contributed by atoms with Crippen LogP contribution in [0, 0.1) is 0 Å². The summed E-state index contributed by atoms with van der Waals surface area (Å²) in [5.41, 5.74) is 0. The van der Waals surface area contributed by atoms with Crippen LogP contribution in [0.2, 0.25) is 0 Å². The molecular formula is C15H29F3O2. The van der Waals surface area contributed by atoms with Gasteiger partial charge in [0.1, 0.15) is 6.10 Å². The second kappa shape index (κ2) is 12.5. The number of aliphatic hydroxyl groups excluding tert-OH is 1. The number of hydrogen-bond donors (Lipinski definition) is 1. The van der Waals surface area contributed by atoms with E-state index in [1.54, 1.807) is 0 Å². The van der Waals surface area contributed by atoms with Gasteiger partial charge in [0.25, 0.3) is 0 Å². The molecule has 1 unspecified atom stereocenters. The zero-order chi connectivity index (χ0) is 15.3. The Kier molecular flexibility index (Phi) is 12.3. The van der Waals surface area contributed by atoms with Gasteiger partial charge >= 0.3 is 6.18 Å². The van der Waals surface area contributed by atoms with Crippen molar-refractivity contribution in [3.05, 3.63) is 0 Å². The Morgan fingerprint density at radius 1 is 0.850 bits per heavy atom. The molecule has 0 saturated carbocycles. The Labute approximate surface area is 120 Å². The minimum atomic E-state index is -4.47. The van der Waals surface area contributed by atoms with Gasteiger partial charge in [-0.1, -0.05) is 51.9 Å². The zero-order valence-corrected chi connectivity index (χ0v) is 12.6. The number of ether oxygens (including phenoxy) is 1. The molecule has 1 atom stereocenters. The van der Waals surface area contributed by atoms with Crippen LogP contribution in [0.5, 0.6) is 0 Å². The molecule has 0 heterocycles. The van der Waals surface area contributed by atoms with E-state index in [9.17, 15) is 13.2 Å². The molecule has 0 radical (unpaired) electrons. The van der Waals surface area contributed by atoms with Crippen molar-refractivity contribution in [2.24, 2.45) is 0 Å². The summed E-state index contributed by atoms with van der Waals surface area (Å²) in [4.78, 5) is 0. The smallest absolute Gasteiger partial charge is 0.384 e. The van der Waals surface area contributed by atoms with E-state index < -0.39 is 12.3 Å². The van der Waals surface area contributed by atoms with Gasteiger partial charge in [-0.15, -0.1) is 0 Å². The Bertz CT molecular complexity index is 208. The highest BCUT2D eigenvalue weighted by Crippen LogP contribution is 2.24. The molecule has 122 valence electrons. The third-order valence-corrected chi connectivity index (χ3v) is 3.29. The van der Waals surface area contributed by atoms with E-state index in [2.05, 4.69) is 6.92 Å². The monoisotopic (exact) mass is 298 g/mol. The van der Waals surface area contributed by atoms with Crippen LogP contribution < -0.4 is 0 Å². The van der Waals surface area contributed by atoms with Crippen LogP contribution in [-0.4, -0.2) is 30.6 Å².